The van der Waals surface area contributed by atoms with E-state index in [0.29, 0.717) is 5.82 Å². The minimum atomic E-state index is -0.404. The monoisotopic (exact) mass is 250 g/mol. The van der Waals surface area contributed by atoms with E-state index in [1.54, 1.807) is 0 Å². The van der Waals surface area contributed by atoms with Crippen molar-refractivity contribution in [3.63, 3.8) is 0 Å². The lowest BCUT2D eigenvalue weighted by Gasteiger charge is -2.34. The third-order valence-electron chi connectivity index (χ3n) is 3.46. The van der Waals surface area contributed by atoms with E-state index >= 15 is 0 Å². The van der Waals surface area contributed by atoms with Crippen LogP contribution >= 0.6 is 0 Å². The van der Waals surface area contributed by atoms with E-state index in [1.165, 1.54) is 18.3 Å². The lowest BCUT2D eigenvalue weighted by molar-refractivity contribution is -0.384. The average molecular weight is 250 g/mol. The summed E-state index contributed by atoms with van der Waals surface area (Å²) in [5.74, 6) is 0.573. The SMILES string of the molecule is CC1(CNc2cc([N+](=O)[O-])ccn2)CCNCC1. The van der Waals surface area contributed by atoms with Crippen molar-refractivity contribution in [3.05, 3.63) is 28.4 Å². The van der Waals surface area contributed by atoms with Gasteiger partial charge < -0.3 is 10.6 Å². The third-order valence-corrected chi connectivity index (χ3v) is 3.46. The van der Waals surface area contributed by atoms with Gasteiger partial charge in [0.1, 0.15) is 5.82 Å². The smallest absolute Gasteiger partial charge is 0.274 e. The van der Waals surface area contributed by atoms with E-state index < -0.39 is 4.92 Å². The molecule has 1 aromatic heterocycles. The van der Waals surface area contributed by atoms with Gasteiger partial charge in [0.05, 0.1) is 11.0 Å². The number of nitro groups is 1. The fraction of sp³-hybridized carbons (Fsp3) is 0.583. The number of aromatic nitrogens is 1. The number of rotatable bonds is 4. The van der Waals surface area contributed by atoms with Gasteiger partial charge in [-0.15, -0.1) is 0 Å². The van der Waals surface area contributed by atoms with Crippen molar-refractivity contribution in [2.75, 3.05) is 25.0 Å². The summed E-state index contributed by atoms with van der Waals surface area (Å²) in [6, 6.07) is 2.88. The van der Waals surface area contributed by atoms with Crippen molar-refractivity contribution >= 4 is 11.5 Å². The second kappa shape index (κ2) is 5.30. The van der Waals surface area contributed by atoms with Crippen molar-refractivity contribution in [1.82, 2.24) is 10.3 Å². The zero-order chi connectivity index (χ0) is 13.0. The van der Waals surface area contributed by atoms with Crippen LogP contribution in [0.15, 0.2) is 18.3 Å². The first-order valence-corrected chi connectivity index (χ1v) is 6.14. The summed E-state index contributed by atoms with van der Waals surface area (Å²) in [4.78, 5) is 14.4. The summed E-state index contributed by atoms with van der Waals surface area (Å²) in [6.07, 6.45) is 3.68. The molecule has 6 nitrogen and oxygen atoms in total. The molecule has 98 valence electrons. The Morgan fingerprint density at radius 2 is 2.28 bits per heavy atom. The highest BCUT2D eigenvalue weighted by atomic mass is 16.6. The Balaban J connectivity index is 1.97. The van der Waals surface area contributed by atoms with Gasteiger partial charge >= 0.3 is 0 Å². The normalized spacial score (nSPS) is 18.3. The Kier molecular flexibility index (Phi) is 3.76. The van der Waals surface area contributed by atoms with Crippen LogP contribution in [0.2, 0.25) is 0 Å². The molecule has 0 aliphatic carbocycles. The van der Waals surface area contributed by atoms with Crippen molar-refractivity contribution < 1.29 is 4.92 Å². The lowest BCUT2D eigenvalue weighted by atomic mass is 9.81. The minimum absolute atomic E-state index is 0.0722. The Morgan fingerprint density at radius 1 is 1.56 bits per heavy atom. The summed E-state index contributed by atoms with van der Waals surface area (Å²) in [7, 11) is 0. The molecule has 6 heteroatoms. The van der Waals surface area contributed by atoms with Crippen LogP contribution in [-0.4, -0.2) is 29.5 Å². The van der Waals surface area contributed by atoms with Crippen LogP contribution in [0.25, 0.3) is 0 Å². The molecule has 1 saturated heterocycles. The molecule has 1 fully saturated rings. The summed E-state index contributed by atoms with van der Waals surface area (Å²) in [5.41, 5.74) is 0.306. The van der Waals surface area contributed by atoms with Crippen molar-refractivity contribution in [3.8, 4) is 0 Å². The van der Waals surface area contributed by atoms with Gasteiger partial charge in [0.15, 0.2) is 0 Å². The summed E-state index contributed by atoms with van der Waals surface area (Å²) in [5, 5.41) is 17.2. The van der Waals surface area contributed by atoms with Crippen LogP contribution in [0.4, 0.5) is 11.5 Å². The number of pyridine rings is 1. The standard InChI is InChI=1S/C12H18N4O2/c1-12(3-6-13-7-4-12)9-15-11-8-10(16(17)18)2-5-14-11/h2,5,8,13H,3-4,6-7,9H2,1H3,(H,14,15). The molecule has 0 aromatic carbocycles. The van der Waals surface area contributed by atoms with Gasteiger partial charge in [0.2, 0.25) is 0 Å². The molecular weight excluding hydrogens is 232 g/mol. The Hall–Kier alpha value is -1.69. The quantitative estimate of drug-likeness (QED) is 0.629. The fourth-order valence-corrected chi connectivity index (χ4v) is 2.14. The maximum atomic E-state index is 10.7. The van der Waals surface area contributed by atoms with Crippen LogP contribution in [-0.2, 0) is 0 Å². The van der Waals surface area contributed by atoms with Gasteiger partial charge in [-0.1, -0.05) is 6.92 Å². The van der Waals surface area contributed by atoms with E-state index in [4.69, 9.17) is 0 Å². The Morgan fingerprint density at radius 3 is 2.94 bits per heavy atom. The molecule has 0 saturated carbocycles. The van der Waals surface area contributed by atoms with Crippen LogP contribution in [0.1, 0.15) is 19.8 Å². The topological polar surface area (TPSA) is 80.1 Å². The highest BCUT2D eigenvalue weighted by Crippen LogP contribution is 2.28. The Bertz CT molecular complexity index is 430. The molecule has 0 radical (unpaired) electrons. The second-order valence-electron chi connectivity index (χ2n) is 5.07. The van der Waals surface area contributed by atoms with Gasteiger partial charge in [-0.25, -0.2) is 4.98 Å². The predicted octanol–water partition coefficient (Wildman–Crippen LogP) is 1.79. The molecule has 18 heavy (non-hydrogen) atoms. The number of hydrogen-bond donors (Lipinski definition) is 2. The first kappa shape index (κ1) is 12.8. The lowest BCUT2D eigenvalue weighted by Crippen LogP contribution is -2.39. The van der Waals surface area contributed by atoms with Gasteiger partial charge in [-0.2, -0.15) is 0 Å². The van der Waals surface area contributed by atoms with Crippen molar-refractivity contribution in [1.29, 1.82) is 0 Å². The van der Waals surface area contributed by atoms with Gasteiger partial charge in [0.25, 0.3) is 5.69 Å². The molecule has 0 atom stereocenters. The molecule has 0 bridgehead atoms. The van der Waals surface area contributed by atoms with Gasteiger partial charge in [-0.3, -0.25) is 10.1 Å². The first-order chi connectivity index (χ1) is 8.59. The number of nitrogens with one attached hydrogen (secondary N) is 2. The maximum absolute atomic E-state index is 10.7. The van der Waals surface area contributed by atoms with Gasteiger partial charge in [0, 0.05) is 18.8 Å². The first-order valence-electron chi connectivity index (χ1n) is 6.14. The number of hydrogen-bond acceptors (Lipinski definition) is 5. The molecule has 2 heterocycles. The van der Waals surface area contributed by atoms with E-state index in [2.05, 4.69) is 22.5 Å². The minimum Gasteiger partial charge on any atom is -0.369 e. The van der Waals surface area contributed by atoms with Crippen molar-refractivity contribution in [2.45, 2.75) is 19.8 Å². The number of nitrogens with zero attached hydrogens (tertiary/aromatic N) is 2. The third kappa shape index (κ3) is 3.16. The van der Waals surface area contributed by atoms with Crippen LogP contribution in [0.3, 0.4) is 0 Å². The van der Waals surface area contributed by atoms with E-state index in [1.807, 2.05) is 0 Å². The molecule has 0 unspecified atom stereocenters. The molecule has 2 rings (SSSR count). The maximum Gasteiger partial charge on any atom is 0.274 e. The van der Waals surface area contributed by atoms with Gasteiger partial charge in [-0.05, 0) is 31.3 Å². The summed E-state index contributed by atoms with van der Waals surface area (Å²) < 4.78 is 0. The fourth-order valence-electron chi connectivity index (χ4n) is 2.14. The zero-order valence-corrected chi connectivity index (χ0v) is 10.5. The van der Waals surface area contributed by atoms with Crippen LogP contribution < -0.4 is 10.6 Å². The zero-order valence-electron chi connectivity index (χ0n) is 10.5. The van der Waals surface area contributed by atoms with E-state index in [9.17, 15) is 10.1 Å². The van der Waals surface area contributed by atoms with E-state index in [-0.39, 0.29) is 11.1 Å². The number of anilines is 1. The molecular formula is C12H18N4O2. The summed E-state index contributed by atoms with van der Waals surface area (Å²) >= 11 is 0. The average Bonchev–Trinajstić information content (AvgIpc) is 2.38. The van der Waals surface area contributed by atoms with Crippen LogP contribution in [0, 0.1) is 15.5 Å². The van der Waals surface area contributed by atoms with E-state index in [0.717, 1.165) is 32.5 Å². The van der Waals surface area contributed by atoms with Crippen molar-refractivity contribution in [2.24, 2.45) is 5.41 Å². The second-order valence-corrected chi connectivity index (χ2v) is 5.07. The number of piperidine rings is 1. The molecule has 1 aliphatic heterocycles. The Labute approximate surface area is 106 Å². The highest BCUT2D eigenvalue weighted by Gasteiger charge is 2.26. The largest absolute Gasteiger partial charge is 0.369 e. The van der Waals surface area contributed by atoms with Crippen LogP contribution in [0.5, 0.6) is 0 Å². The molecule has 0 spiro atoms. The molecule has 0 amide bonds. The molecule has 1 aromatic rings. The summed E-state index contributed by atoms with van der Waals surface area (Å²) in [6.45, 7) is 5.09. The predicted molar refractivity (Wildman–Crippen MR) is 69.6 cm³/mol. The molecule has 2 N–H and O–H groups in total. The molecule has 1 aliphatic rings. The highest BCUT2D eigenvalue weighted by molar-refractivity contribution is 5.44.